The molecule has 30 heavy (non-hydrogen) atoms. The minimum Gasteiger partial charge on any atom is -0.508 e. The molecule has 2 saturated heterocycles. The van der Waals surface area contributed by atoms with E-state index in [1.807, 2.05) is 48.2 Å². The molecule has 0 aromatic heterocycles. The third kappa shape index (κ3) is 3.76. The first-order valence-corrected chi connectivity index (χ1v) is 10.5. The van der Waals surface area contributed by atoms with Crippen molar-refractivity contribution in [2.24, 2.45) is 5.92 Å². The van der Waals surface area contributed by atoms with Crippen LogP contribution >= 0.6 is 0 Å². The van der Waals surface area contributed by atoms with Crippen LogP contribution in [0.15, 0.2) is 48.5 Å². The highest BCUT2D eigenvalue weighted by Crippen LogP contribution is 2.48. The normalized spacial score (nSPS) is 25.5. The maximum absolute atomic E-state index is 13.3. The summed E-state index contributed by atoms with van der Waals surface area (Å²) < 4.78 is 10.8. The summed E-state index contributed by atoms with van der Waals surface area (Å²) in [5, 5.41) is 10.4. The Morgan fingerprint density at radius 3 is 2.50 bits per heavy atom. The van der Waals surface area contributed by atoms with E-state index in [4.69, 9.17) is 9.47 Å². The first-order valence-electron chi connectivity index (χ1n) is 10.5. The first-order chi connectivity index (χ1) is 14.7. The Kier molecular flexibility index (Phi) is 6.22. The summed E-state index contributed by atoms with van der Waals surface area (Å²) >= 11 is 0. The number of hydrogen-bond donors (Lipinski definition) is 3. The lowest BCUT2D eigenvalue weighted by molar-refractivity contribution is -0.131. The SMILES string of the molecule is CCOc1ccc(C2C3C(NNC3c3ccccc3O)C(=O)N2CCCOC)cc1. The number of nitrogens with zero attached hydrogens (tertiary/aromatic N) is 1. The van der Waals surface area contributed by atoms with Crippen LogP contribution in [0.25, 0.3) is 0 Å². The monoisotopic (exact) mass is 411 g/mol. The van der Waals surface area contributed by atoms with Crippen LogP contribution in [-0.2, 0) is 9.53 Å². The Bertz CT molecular complexity index is 873. The van der Waals surface area contributed by atoms with E-state index in [0.29, 0.717) is 19.8 Å². The number of rotatable bonds is 8. The van der Waals surface area contributed by atoms with Gasteiger partial charge in [0, 0.05) is 31.7 Å². The third-order valence-electron chi connectivity index (χ3n) is 5.97. The molecule has 0 aliphatic carbocycles. The van der Waals surface area contributed by atoms with E-state index in [-0.39, 0.29) is 35.7 Å². The number of ether oxygens (including phenoxy) is 2. The number of phenols is 1. The average Bonchev–Trinajstić information content (AvgIpc) is 3.29. The van der Waals surface area contributed by atoms with Gasteiger partial charge in [-0.25, -0.2) is 10.9 Å². The molecule has 160 valence electrons. The van der Waals surface area contributed by atoms with E-state index >= 15 is 0 Å². The summed E-state index contributed by atoms with van der Waals surface area (Å²) in [5.74, 6) is 1.05. The zero-order chi connectivity index (χ0) is 21.1. The van der Waals surface area contributed by atoms with Crippen molar-refractivity contribution >= 4 is 5.91 Å². The van der Waals surface area contributed by atoms with Gasteiger partial charge in [-0.3, -0.25) is 4.79 Å². The van der Waals surface area contributed by atoms with Gasteiger partial charge >= 0.3 is 0 Å². The number of hydrogen-bond acceptors (Lipinski definition) is 6. The fraction of sp³-hybridized carbons (Fsp3) is 0.435. The lowest BCUT2D eigenvalue weighted by atomic mass is 9.83. The van der Waals surface area contributed by atoms with Crippen LogP contribution in [-0.4, -0.2) is 48.8 Å². The van der Waals surface area contributed by atoms with Gasteiger partial charge in [-0.1, -0.05) is 30.3 Å². The molecule has 4 unspecified atom stereocenters. The summed E-state index contributed by atoms with van der Waals surface area (Å²) in [6.45, 7) is 3.78. The minimum atomic E-state index is -0.353. The van der Waals surface area contributed by atoms with Gasteiger partial charge < -0.3 is 19.5 Å². The van der Waals surface area contributed by atoms with Gasteiger partial charge in [0.2, 0.25) is 5.91 Å². The molecule has 7 nitrogen and oxygen atoms in total. The van der Waals surface area contributed by atoms with Crippen molar-refractivity contribution in [3.8, 4) is 11.5 Å². The Labute approximate surface area is 177 Å². The van der Waals surface area contributed by atoms with Crippen LogP contribution in [0, 0.1) is 5.92 Å². The molecule has 1 amide bonds. The van der Waals surface area contributed by atoms with Crippen molar-refractivity contribution in [3.63, 3.8) is 0 Å². The lowest BCUT2D eigenvalue weighted by Gasteiger charge is -2.31. The van der Waals surface area contributed by atoms with Gasteiger partial charge in [-0.05, 0) is 37.1 Å². The highest BCUT2D eigenvalue weighted by atomic mass is 16.5. The quantitative estimate of drug-likeness (QED) is 0.579. The molecular weight excluding hydrogens is 382 g/mol. The molecule has 0 radical (unpaired) electrons. The van der Waals surface area contributed by atoms with Crippen molar-refractivity contribution in [3.05, 3.63) is 59.7 Å². The van der Waals surface area contributed by atoms with Gasteiger partial charge in [0.25, 0.3) is 0 Å². The summed E-state index contributed by atoms with van der Waals surface area (Å²) in [5.41, 5.74) is 8.30. The number of aromatic hydroxyl groups is 1. The summed E-state index contributed by atoms with van der Waals surface area (Å²) in [4.78, 5) is 15.2. The Morgan fingerprint density at radius 1 is 1.07 bits per heavy atom. The number of para-hydroxylation sites is 1. The second kappa shape index (κ2) is 9.04. The van der Waals surface area contributed by atoms with E-state index in [2.05, 4.69) is 10.9 Å². The molecule has 7 heteroatoms. The molecule has 2 aliphatic heterocycles. The van der Waals surface area contributed by atoms with Crippen molar-refractivity contribution in [1.29, 1.82) is 0 Å². The van der Waals surface area contributed by atoms with Crippen LogP contribution in [0.1, 0.15) is 36.6 Å². The van der Waals surface area contributed by atoms with E-state index in [9.17, 15) is 9.90 Å². The number of nitrogens with one attached hydrogen (secondary N) is 2. The zero-order valence-electron chi connectivity index (χ0n) is 17.4. The smallest absolute Gasteiger partial charge is 0.242 e. The van der Waals surface area contributed by atoms with Gasteiger partial charge in [-0.15, -0.1) is 0 Å². The van der Waals surface area contributed by atoms with Gasteiger partial charge in [0.15, 0.2) is 0 Å². The standard InChI is InChI=1S/C23H29N3O4/c1-3-30-16-11-9-15(10-12-16)22-19-20(17-7-4-5-8-18(17)27)24-25-21(19)23(28)26(22)13-6-14-29-2/h4-5,7-12,19-22,24-25,27H,3,6,13-14H2,1-2H3. The molecule has 4 atom stereocenters. The van der Waals surface area contributed by atoms with Crippen LogP contribution in [0.5, 0.6) is 11.5 Å². The number of phenolic OH excluding ortho intramolecular Hbond substituents is 1. The molecule has 2 fully saturated rings. The third-order valence-corrected chi connectivity index (χ3v) is 5.97. The lowest BCUT2D eigenvalue weighted by Crippen LogP contribution is -2.41. The van der Waals surface area contributed by atoms with Crippen LogP contribution in [0.2, 0.25) is 0 Å². The molecule has 2 heterocycles. The number of benzene rings is 2. The number of carbonyl (C=O) groups excluding carboxylic acids is 1. The van der Waals surface area contributed by atoms with Crippen molar-refractivity contribution in [1.82, 2.24) is 15.8 Å². The molecule has 2 aromatic carbocycles. The molecule has 2 aromatic rings. The highest BCUT2D eigenvalue weighted by molar-refractivity contribution is 5.86. The predicted octanol–water partition coefficient (Wildman–Crippen LogP) is 2.54. The Hall–Kier alpha value is -2.61. The average molecular weight is 412 g/mol. The van der Waals surface area contributed by atoms with E-state index in [0.717, 1.165) is 23.3 Å². The van der Waals surface area contributed by atoms with Gasteiger partial charge in [0.1, 0.15) is 17.5 Å². The topological polar surface area (TPSA) is 83.1 Å². The number of fused-ring (bicyclic) bond motifs is 1. The second-order valence-electron chi connectivity index (χ2n) is 7.71. The fourth-order valence-corrected chi connectivity index (χ4v) is 4.67. The number of methoxy groups -OCH3 is 1. The van der Waals surface area contributed by atoms with Crippen LogP contribution < -0.4 is 15.6 Å². The summed E-state index contributed by atoms with van der Waals surface area (Å²) in [6.07, 6.45) is 0.768. The fourth-order valence-electron chi connectivity index (χ4n) is 4.67. The zero-order valence-corrected chi connectivity index (χ0v) is 17.4. The maximum atomic E-state index is 13.3. The Morgan fingerprint density at radius 2 is 1.80 bits per heavy atom. The molecule has 4 rings (SSSR count). The maximum Gasteiger partial charge on any atom is 0.242 e. The molecule has 3 N–H and O–H groups in total. The predicted molar refractivity (Wildman–Crippen MR) is 113 cm³/mol. The van der Waals surface area contributed by atoms with Gasteiger partial charge in [-0.2, -0.15) is 0 Å². The minimum absolute atomic E-state index is 0.0636. The van der Waals surface area contributed by atoms with E-state index in [1.165, 1.54) is 0 Å². The summed E-state index contributed by atoms with van der Waals surface area (Å²) in [7, 11) is 1.67. The summed E-state index contributed by atoms with van der Waals surface area (Å²) in [6, 6.07) is 14.6. The van der Waals surface area contributed by atoms with Crippen LogP contribution in [0.4, 0.5) is 0 Å². The molecule has 0 saturated carbocycles. The number of carbonyl (C=O) groups is 1. The van der Waals surface area contributed by atoms with Crippen LogP contribution in [0.3, 0.4) is 0 Å². The van der Waals surface area contributed by atoms with Gasteiger partial charge in [0.05, 0.1) is 18.7 Å². The first kappa shape index (κ1) is 20.7. The van der Waals surface area contributed by atoms with Crippen molar-refractivity contribution < 1.29 is 19.4 Å². The van der Waals surface area contributed by atoms with E-state index < -0.39 is 0 Å². The number of likely N-dealkylation sites (tertiary alicyclic amines) is 1. The van der Waals surface area contributed by atoms with E-state index in [1.54, 1.807) is 19.2 Å². The molecule has 2 aliphatic rings. The number of amides is 1. The largest absolute Gasteiger partial charge is 0.508 e. The Balaban J connectivity index is 1.70. The molecular formula is C23H29N3O4. The highest BCUT2D eigenvalue weighted by Gasteiger charge is 2.55. The molecule has 0 bridgehead atoms. The number of hydrazine groups is 1. The van der Waals surface area contributed by atoms with Crippen molar-refractivity contribution in [2.45, 2.75) is 31.5 Å². The second-order valence-corrected chi connectivity index (χ2v) is 7.71. The molecule has 0 spiro atoms. The van der Waals surface area contributed by atoms with Crippen molar-refractivity contribution in [2.75, 3.05) is 26.9 Å².